The fourth-order valence-corrected chi connectivity index (χ4v) is 1.13. The highest BCUT2D eigenvalue weighted by atomic mass is 16.5. The lowest BCUT2D eigenvalue weighted by atomic mass is 10.3. The summed E-state index contributed by atoms with van der Waals surface area (Å²) in [6.45, 7) is 3.85. The minimum atomic E-state index is -0.527. The average Bonchev–Trinajstić information content (AvgIpc) is 2.71. The van der Waals surface area contributed by atoms with Crippen LogP contribution in [0.3, 0.4) is 0 Å². The lowest BCUT2D eigenvalue weighted by molar-refractivity contribution is -0.121. The Labute approximate surface area is 98.9 Å². The molecule has 1 aromatic heterocycles. The van der Waals surface area contributed by atoms with Crippen LogP contribution in [0, 0.1) is 6.92 Å². The molecule has 1 heterocycles. The van der Waals surface area contributed by atoms with Crippen LogP contribution in [0.2, 0.25) is 0 Å². The summed E-state index contributed by atoms with van der Waals surface area (Å²) in [6, 6.07) is 0.751. The molecule has 0 aliphatic heterocycles. The number of urea groups is 1. The molecule has 7 nitrogen and oxygen atoms in total. The van der Waals surface area contributed by atoms with Gasteiger partial charge in [0.05, 0.1) is 11.7 Å². The number of nitrogens with one attached hydrogen (secondary N) is 3. The monoisotopic (exact) mass is 240 g/mol. The van der Waals surface area contributed by atoms with Gasteiger partial charge < -0.3 is 15.2 Å². The molecule has 0 aliphatic rings. The summed E-state index contributed by atoms with van der Waals surface area (Å²) in [4.78, 5) is 22.4. The van der Waals surface area contributed by atoms with Crippen molar-refractivity contribution in [3.63, 3.8) is 0 Å². The lowest BCUT2D eigenvalue weighted by Gasteiger charge is -2.11. The minimum absolute atomic E-state index is 0.399. The van der Waals surface area contributed by atoms with Crippen molar-refractivity contribution in [2.75, 3.05) is 7.05 Å². The van der Waals surface area contributed by atoms with Crippen molar-refractivity contribution in [2.45, 2.75) is 26.4 Å². The van der Waals surface area contributed by atoms with E-state index in [2.05, 4.69) is 21.1 Å². The van der Waals surface area contributed by atoms with E-state index in [1.165, 1.54) is 7.05 Å². The standard InChI is InChI=1S/C10H16N4O3/c1-6-4-8(14-17-6)5-12-7(2)9(15)13-10(16)11-3/h4,7,12H,5H2,1-3H3,(H2,11,13,15,16). The van der Waals surface area contributed by atoms with Gasteiger partial charge in [0.25, 0.3) is 0 Å². The zero-order chi connectivity index (χ0) is 12.8. The predicted molar refractivity (Wildman–Crippen MR) is 60.1 cm³/mol. The Morgan fingerprint density at radius 1 is 1.53 bits per heavy atom. The van der Waals surface area contributed by atoms with E-state index in [4.69, 9.17) is 4.52 Å². The van der Waals surface area contributed by atoms with E-state index in [9.17, 15) is 9.59 Å². The smallest absolute Gasteiger partial charge is 0.321 e. The van der Waals surface area contributed by atoms with Gasteiger partial charge in [-0.3, -0.25) is 10.1 Å². The van der Waals surface area contributed by atoms with Crippen LogP contribution < -0.4 is 16.0 Å². The highest BCUT2D eigenvalue weighted by molar-refractivity contribution is 5.96. The number of aromatic nitrogens is 1. The maximum absolute atomic E-state index is 11.5. The van der Waals surface area contributed by atoms with Crippen LogP contribution in [-0.2, 0) is 11.3 Å². The van der Waals surface area contributed by atoms with E-state index < -0.39 is 18.0 Å². The molecule has 0 spiro atoms. The third-order valence-electron chi connectivity index (χ3n) is 2.12. The predicted octanol–water partition coefficient (Wildman–Crippen LogP) is -0.0833. The molecule has 1 rings (SSSR count). The summed E-state index contributed by atoms with van der Waals surface area (Å²) in [6.07, 6.45) is 0. The first-order chi connectivity index (χ1) is 8.02. The second-order valence-electron chi connectivity index (χ2n) is 3.60. The molecule has 0 saturated heterocycles. The van der Waals surface area contributed by atoms with Crippen molar-refractivity contribution < 1.29 is 14.1 Å². The molecule has 17 heavy (non-hydrogen) atoms. The second-order valence-corrected chi connectivity index (χ2v) is 3.60. The third kappa shape index (κ3) is 4.23. The molecule has 1 unspecified atom stereocenters. The van der Waals surface area contributed by atoms with Crippen LogP contribution in [-0.4, -0.2) is 30.2 Å². The van der Waals surface area contributed by atoms with Gasteiger partial charge in [-0.25, -0.2) is 4.79 Å². The number of hydrogen-bond donors (Lipinski definition) is 3. The topological polar surface area (TPSA) is 96.3 Å². The minimum Gasteiger partial charge on any atom is -0.361 e. The number of amides is 3. The number of carbonyl (C=O) groups excluding carboxylic acids is 2. The SMILES string of the molecule is CNC(=O)NC(=O)C(C)NCc1cc(C)on1. The largest absolute Gasteiger partial charge is 0.361 e. The average molecular weight is 240 g/mol. The molecule has 7 heteroatoms. The maximum Gasteiger partial charge on any atom is 0.321 e. The molecule has 1 atom stereocenters. The summed E-state index contributed by atoms with van der Waals surface area (Å²) in [7, 11) is 1.44. The van der Waals surface area contributed by atoms with Crippen molar-refractivity contribution >= 4 is 11.9 Å². The van der Waals surface area contributed by atoms with Crippen LogP contribution in [0.1, 0.15) is 18.4 Å². The molecule has 0 aromatic carbocycles. The number of imide groups is 1. The van der Waals surface area contributed by atoms with E-state index >= 15 is 0 Å². The quantitative estimate of drug-likeness (QED) is 0.684. The second kappa shape index (κ2) is 6.00. The van der Waals surface area contributed by atoms with Gasteiger partial charge in [-0.15, -0.1) is 0 Å². The molecular weight excluding hydrogens is 224 g/mol. The summed E-state index contributed by atoms with van der Waals surface area (Å²) >= 11 is 0. The van der Waals surface area contributed by atoms with E-state index in [0.717, 1.165) is 0 Å². The summed E-state index contributed by atoms with van der Waals surface area (Å²) in [5, 5.41) is 11.2. The molecule has 0 radical (unpaired) electrons. The van der Waals surface area contributed by atoms with Gasteiger partial charge in [0.2, 0.25) is 5.91 Å². The van der Waals surface area contributed by atoms with Crippen LogP contribution in [0.15, 0.2) is 10.6 Å². The van der Waals surface area contributed by atoms with Crippen LogP contribution >= 0.6 is 0 Å². The van der Waals surface area contributed by atoms with E-state index in [1.807, 2.05) is 0 Å². The van der Waals surface area contributed by atoms with E-state index in [-0.39, 0.29) is 0 Å². The Balaban J connectivity index is 2.36. The first kappa shape index (κ1) is 13.2. The molecule has 1 aromatic rings. The van der Waals surface area contributed by atoms with E-state index in [1.54, 1.807) is 19.9 Å². The molecule has 0 aliphatic carbocycles. The van der Waals surface area contributed by atoms with Gasteiger partial charge >= 0.3 is 6.03 Å². The van der Waals surface area contributed by atoms with Crippen LogP contribution in [0.4, 0.5) is 4.79 Å². The molecular formula is C10H16N4O3. The molecule has 3 N–H and O–H groups in total. The van der Waals surface area contributed by atoms with Crippen molar-refractivity contribution in [3.05, 3.63) is 17.5 Å². The van der Waals surface area contributed by atoms with Gasteiger partial charge in [-0.1, -0.05) is 5.16 Å². The van der Waals surface area contributed by atoms with Gasteiger partial charge in [0, 0.05) is 19.7 Å². The summed E-state index contributed by atoms with van der Waals surface area (Å²) in [5.74, 6) is 0.314. The van der Waals surface area contributed by atoms with Gasteiger partial charge in [-0.2, -0.15) is 0 Å². The first-order valence-electron chi connectivity index (χ1n) is 5.21. The zero-order valence-electron chi connectivity index (χ0n) is 10.0. The van der Waals surface area contributed by atoms with Crippen molar-refractivity contribution in [1.29, 1.82) is 0 Å². The Hall–Kier alpha value is -1.89. The van der Waals surface area contributed by atoms with Crippen LogP contribution in [0.25, 0.3) is 0 Å². The fourth-order valence-electron chi connectivity index (χ4n) is 1.13. The van der Waals surface area contributed by atoms with Crippen molar-refractivity contribution in [1.82, 2.24) is 21.1 Å². The van der Waals surface area contributed by atoms with E-state index in [0.29, 0.717) is 18.0 Å². The van der Waals surface area contributed by atoms with Crippen LogP contribution in [0.5, 0.6) is 0 Å². The zero-order valence-corrected chi connectivity index (χ0v) is 10.0. The van der Waals surface area contributed by atoms with Gasteiger partial charge in [-0.05, 0) is 13.8 Å². The Kier molecular flexibility index (Phi) is 4.65. The molecule has 3 amide bonds. The number of hydrogen-bond acceptors (Lipinski definition) is 5. The molecule has 0 fully saturated rings. The lowest BCUT2D eigenvalue weighted by Crippen LogP contribution is -2.47. The number of carbonyl (C=O) groups is 2. The van der Waals surface area contributed by atoms with Crippen molar-refractivity contribution in [3.8, 4) is 0 Å². The third-order valence-corrected chi connectivity index (χ3v) is 2.12. The highest BCUT2D eigenvalue weighted by Crippen LogP contribution is 2.01. The van der Waals surface area contributed by atoms with Gasteiger partial charge in [0.15, 0.2) is 0 Å². The summed E-state index contributed by atoms with van der Waals surface area (Å²) in [5.41, 5.74) is 0.710. The Morgan fingerprint density at radius 3 is 2.76 bits per heavy atom. The Bertz CT molecular complexity index is 402. The molecule has 0 bridgehead atoms. The normalized spacial score (nSPS) is 11.9. The van der Waals surface area contributed by atoms with Gasteiger partial charge in [0.1, 0.15) is 5.76 Å². The highest BCUT2D eigenvalue weighted by Gasteiger charge is 2.14. The van der Waals surface area contributed by atoms with Crippen molar-refractivity contribution in [2.24, 2.45) is 0 Å². The first-order valence-corrected chi connectivity index (χ1v) is 5.21. The Morgan fingerprint density at radius 2 is 2.24 bits per heavy atom. The number of rotatable bonds is 4. The fraction of sp³-hybridized carbons (Fsp3) is 0.500. The maximum atomic E-state index is 11.5. The molecule has 94 valence electrons. The number of aryl methyl sites for hydroxylation is 1. The number of nitrogens with zero attached hydrogens (tertiary/aromatic N) is 1. The summed E-state index contributed by atoms with van der Waals surface area (Å²) < 4.78 is 4.88. The molecule has 0 saturated carbocycles.